The van der Waals surface area contributed by atoms with Crippen LogP contribution in [0, 0.1) is 34.3 Å². The lowest BCUT2D eigenvalue weighted by Gasteiger charge is -2.44. The van der Waals surface area contributed by atoms with E-state index in [1.165, 1.54) is 29.6 Å². The average molecular weight is 1160 g/mol. The summed E-state index contributed by atoms with van der Waals surface area (Å²) in [7, 11) is 0.812. The monoisotopic (exact) mass is 1150 g/mol. The van der Waals surface area contributed by atoms with Crippen molar-refractivity contribution >= 4 is 29.8 Å². The Hall–Kier alpha value is -7.22. The average Bonchev–Trinajstić information content (AvgIpc) is 4.19. The van der Waals surface area contributed by atoms with Crippen molar-refractivity contribution in [1.82, 2.24) is 46.0 Å². The number of amides is 4. The number of carboxylic acid groups (broad SMARTS) is 1. The van der Waals surface area contributed by atoms with Crippen LogP contribution in [0.3, 0.4) is 0 Å². The van der Waals surface area contributed by atoms with Gasteiger partial charge in [0, 0.05) is 85.6 Å². The first-order valence-electron chi connectivity index (χ1n) is 25.5. The van der Waals surface area contributed by atoms with Crippen LogP contribution in [-0.2, 0) is 32.0 Å². The highest BCUT2D eigenvalue weighted by atomic mass is 19.4. The molecule has 0 aliphatic carbocycles. The van der Waals surface area contributed by atoms with Crippen molar-refractivity contribution in [3.63, 3.8) is 0 Å². The van der Waals surface area contributed by atoms with Crippen LogP contribution in [0.15, 0.2) is 67.0 Å². The lowest BCUT2D eigenvalue weighted by molar-refractivity contribution is -0.221. The van der Waals surface area contributed by atoms with Crippen molar-refractivity contribution < 1.29 is 82.8 Å². The van der Waals surface area contributed by atoms with E-state index in [0.29, 0.717) is 74.1 Å². The van der Waals surface area contributed by atoms with Crippen LogP contribution in [-0.4, -0.2) is 154 Å². The van der Waals surface area contributed by atoms with Crippen molar-refractivity contribution in [1.29, 1.82) is 0 Å². The molecule has 3 fully saturated rings. The maximum Gasteiger partial charge on any atom is 0.407 e. The lowest BCUT2D eigenvalue weighted by Crippen LogP contribution is -2.63. The number of hydrazine groups is 1. The first kappa shape index (κ1) is 61.4. The number of alkyl halides is 8. The third-order valence-electron chi connectivity index (χ3n) is 14.9. The molecular weight excluding hydrogens is 1090 g/mol. The van der Waals surface area contributed by atoms with Gasteiger partial charge in [-0.1, -0.05) is 24.0 Å². The van der Waals surface area contributed by atoms with Gasteiger partial charge in [-0.25, -0.2) is 33.0 Å². The summed E-state index contributed by atoms with van der Waals surface area (Å²) < 4.78 is 156. The Bertz CT molecular complexity index is 2910. The molecule has 7 atom stereocenters. The number of halogens is 10. The molecule has 0 radical (unpaired) electrons. The number of hydrogen-bond donors (Lipinski definition) is 6. The van der Waals surface area contributed by atoms with Gasteiger partial charge in [0.15, 0.2) is 0 Å². The number of piperazine rings is 1. The third kappa shape index (κ3) is 14.5. The second-order valence-corrected chi connectivity index (χ2v) is 21.1. The Morgan fingerprint density at radius 2 is 1.41 bits per heavy atom. The Labute approximate surface area is 458 Å². The summed E-state index contributed by atoms with van der Waals surface area (Å²) in [5.41, 5.74) is -4.67. The van der Waals surface area contributed by atoms with Gasteiger partial charge in [-0.05, 0) is 101 Å². The zero-order valence-corrected chi connectivity index (χ0v) is 44.3. The highest BCUT2D eigenvalue weighted by Crippen LogP contribution is 2.42. The number of nitrogens with zero attached hydrogens (tertiary/aromatic N) is 6. The first-order chi connectivity index (χ1) is 38.0. The molecule has 3 saturated heterocycles. The molecule has 7 rings (SSSR count). The SMILES string of the molecule is COC(=O)N[C@H](C(=O)N[C@@H](Cc1ccc(C#Cc2ccc(N3CC4CCC(C3)N4[C@H]3CCOC3)nc2)cc1)[C@@H](O)CN(Cc1c(F)cc(-c2ccn(C(F)F)n2)cc1F)NC(=O)[C@@H](NC(=O)O)C(C)(C)C(F)(F)F)C(C)(C)C(F)(F)F. The quantitative estimate of drug-likeness (QED) is 0.0320. The summed E-state index contributed by atoms with van der Waals surface area (Å²) in [5.74, 6) is 0.625. The maximum atomic E-state index is 16.0. The van der Waals surface area contributed by atoms with E-state index in [1.54, 1.807) is 6.20 Å². The number of rotatable bonds is 19. The molecule has 6 N–H and O–H groups in total. The number of methoxy groups -OCH3 is 1. The van der Waals surface area contributed by atoms with Crippen LogP contribution < -0.4 is 26.3 Å². The summed E-state index contributed by atoms with van der Waals surface area (Å²) in [4.78, 5) is 61.6. The van der Waals surface area contributed by atoms with Crippen LogP contribution in [0.5, 0.6) is 0 Å². The number of fused-ring (bicyclic) bond motifs is 2. The van der Waals surface area contributed by atoms with E-state index in [2.05, 4.69) is 41.8 Å². The van der Waals surface area contributed by atoms with E-state index >= 15 is 8.78 Å². The molecule has 5 heterocycles. The van der Waals surface area contributed by atoms with Gasteiger partial charge in [-0.3, -0.25) is 19.9 Å². The minimum atomic E-state index is -5.29. The predicted octanol–water partition coefficient (Wildman–Crippen LogP) is 6.92. The van der Waals surface area contributed by atoms with Crippen molar-refractivity contribution in [2.24, 2.45) is 10.8 Å². The van der Waals surface area contributed by atoms with Gasteiger partial charge in [0.25, 0.3) is 5.91 Å². The van der Waals surface area contributed by atoms with E-state index in [-0.39, 0.29) is 21.5 Å². The Morgan fingerprint density at radius 1 is 0.815 bits per heavy atom. The number of pyridine rings is 1. The normalized spacial score (nSPS) is 19.3. The minimum absolute atomic E-state index is 0.188. The van der Waals surface area contributed by atoms with Gasteiger partial charge >= 0.3 is 31.1 Å². The number of aliphatic hydroxyl groups is 1. The number of anilines is 1. The molecule has 3 aliphatic rings. The topological polar surface area (TPSA) is 216 Å². The smallest absolute Gasteiger partial charge is 0.407 e. The molecule has 4 aromatic rings. The molecule has 2 aromatic heterocycles. The summed E-state index contributed by atoms with van der Waals surface area (Å²) in [5, 5.41) is 31.1. The predicted molar refractivity (Wildman–Crippen MR) is 270 cm³/mol. The fourth-order valence-corrected chi connectivity index (χ4v) is 9.99. The highest BCUT2D eigenvalue weighted by Gasteiger charge is 2.57. The third-order valence-corrected chi connectivity index (χ3v) is 14.9. The standard InChI is InChI=1S/C53H60F10N10O8/c1-50(2,52(58,59)60)43(67-49(79)80-5)45(75)65-40(20-30-9-6-29(7-10-30)8-11-31-12-15-42(64-23-31)70-24-33-13-14-34(25-70)73(33)35-17-19-81-28-35)41(74)27-71(69-46(76)44(66-48(77)78)51(3,4)53(61,62)63)26-36-37(54)21-32(22-38(36)55)39-16-18-72(68-39)47(56)57/h6-7,9-10,12,15-16,18,21-23,33-35,40-41,43-44,47,66,74H,13-14,17,19-20,24-28H2,1-5H3,(H,65,75)(H,67,79)(H,69,76)(H,77,78)/t33?,34?,35-,40-,41-,43+,44+/m0/s1. The molecule has 440 valence electrons. The number of aliphatic hydroxyl groups excluding tert-OH is 1. The van der Waals surface area contributed by atoms with E-state index in [0.717, 1.165) is 70.8 Å². The second kappa shape index (κ2) is 24.9. The summed E-state index contributed by atoms with van der Waals surface area (Å²) in [6.45, 7) is -0.180. The number of ether oxygens (including phenoxy) is 2. The summed E-state index contributed by atoms with van der Waals surface area (Å²) in [6.07, 6.45) is -11.0. The van der Waals surface area contributed by atoms with Crippen molar-refractivity contribution in [2.45, 2.75) is 121 Å². The van der Waals surface area contributed by atoms with Gasteiger partial charge in [-0.2, -0.15) is 40.2 Å². The van der Waals surface area contributed by atoms with Gasteiger partial charge in [0.05, 0.1) is 42.4 Å². The number of nitrogens with one attached hydrogen (secondary N) is 4. The number of carbonyl (C=O) groups is 4. The van der Waals surface area contributed by atoms with E-state index in [4.69, 9.17) is 4.74 Å². The molecule has 28 heteroatoms. The molecule has 18 nitrogen and oxygen atoms in total. The Balaban J connectivity index is 1.17. The first-order valence-corrected chi connectivity index (χ1v) is 25.5. The number of benzene rings is 2. The molecule has 4 amide bonds. The Kier molecular flexibility index (Phi) is 18.9. The fraction of sp³-hybridized carbons (Fsp3) is 0.509. The molecule has 0 saturated carbocycles. The molecule has 0 spiro atoms. The number of alkyl carbamates (subject to hydrolysis) is 1. The highest BCUT2D eigenvalue weighted by molar-refractivity contribution is 5.87. The molecular formula is C53H60F10N10O8. The Morgan fingerprint density at radius 3 is 1.93 bits per heavy atom. The summed E-state index contributed by atoms with van der Waals surface area (Å²) in [6, 6.07) is 6.32. The van der Waals surface area contributed by atoms with Crippen LogP contribution in [0.2, 0.25) is 0 Å². The van der Waals surface area contributed by atoms with Crippen LogP contribution in [0.1, 0.15) is 75.8 Å². The number of hydrogen-bond acceptors (Lipinski definition) is 12. The summed E-state index contributed by atoms with van der Waals surface area (Å²) >= 11 is 0. The van der Waals surface area contributed by atoms with Gasteiger partial charge in [-0.15, -0.1) is 0 Å². The van der Waals surface area contributed by atoms with Crippen LogP contribution in [0.4, 0.5) is 59.3 Å². The lowest BCUT2D eigenvalue weighted by atomic mass is 9.82. The van der Waals surface area contributed by atoms with Crippen LogP contribution >= 0.6 is 0 Å². The minimum Gasteiger partial charge on any atom is -0.465 e. The molecule has 2 aromatic carbocycles. The van der Waals surface area contributed by atoms with E-state index in [1.807, 2.05) is 22.9 Å². The van der Waals surface area contributed by atoms with E-state index < -0.39 is 115 Å². The van der Waals surface area contributed by atoms with Crippen molar-refractivity contribution in [2.75, 3.05) is 44.9 Å². The van der Waals surface area contributed by atoms with Gasteiger partial charge < -0.3 is 40.5 Å². The van der Waals surface area contributed by atoms with Gasteiger partial charge in [0.2, 0.25) is 5.91 Å². The fourth-order valence-electron chi connectivity index (χ4n) is 9.99. The largest absolute Gasteiger partial charge is 0.465 e. The molecule has 81 heavy (non-hydrogen) atoms. The van der Waals surface area contributed by atoms with Gasteiger partial charge in [0.1, 0.15) is 29.5 Å². The zero-order valence-electron chi connectivity index (χ0n) is 44.3. The van der Waals surface area contributed by atoms with Crippen molar-refractivity contribution in [3.8, 4) is 23.1 Å². The van der Waals surface area contributed by atoms with Crippen LogP contribution in [0.25, 0.3) is 11.3 Å². The van der Waals surface area contributed by atoms with E-state index in [9.17, 15) is 64.5 Å². The number of aromatic nitrogens is 3. The van der Waals surface area contributed by atoms with Crippen molar-refractivity contribution in [3.05, 3.63) is 101 Å². The molecule has 2 bridgehead atoms. The molecule has 2 unspecified atom stereocenters. The second-order valence-electron chi connectivity index (χ2n) is 21.1. The number of carbonyl (C=O) groups excluding carboxylic acids is 3. The molecule has 3 aliphatic heterocycles. The maximum absolute atomic E-state index is 16.0. The zero-order chi connectivity index (χ0) is 59.4.